The molecule has 132 valence electrons. The molecule has 0 aliphatic heterocycles. The number of halogens is 2. The topological polar surface area (TPSA) is 55.3 Å². The fraction of sp³-hybridized carbons (Fsp3) is 0.200. The molecule has 2 amide bonds. The second-order valence-corrected chi connectivity index (χ2v) is 6.41. The molecule has 0 radical (unpaired) electrons. The van der Waals surface area contributed by atoms with Crippen molar-refractivity contribution in [1.29, 1.82) is 0 Å². The van der Waals surface area contributed by atoms with Crippen molar-refractivity contribution in [1.82, 2.24) is 0 Å². The second-order valence-electron chi connectivity index (χ2n) is 6.41. The summed E-state index contributed by atoms with van der Waals surface area (Å²) in [4.78, 5) is 15.9. The molecule has 1 aromatic heterocycles. The Hall–Kier alpha value is -3.02. The third kappa shape index (κ3) is 3.10. The van der Waals surface area contributed by atoms with Gasteiger partial charge in [0.15, 0.2) is 5.69 Å². The van der Waals surface area contributed by atoms with Gasteiger partial charge >= 0.3 is 6.03 Å². The number of aryl methyl sites for hydroxylation is 1. The molecule has 0 atom stereocenters. The first-order valence-electron chi connectivity index (χ1n) is 8.60. The summed E-state index contributed by atoms with van der Waals surface area (Å²) < 4.78 is 26.8. The van der Waals surface area contributed by atoms with E-state index in [0.717, 1.165) is 65.7 Å². The van der Waals surface area contributed by atoms with Gasteiger partial charge in [-0.3, -0.25) is 0 Å². The van der Waals surface area contributed by atoms with Crippen LogP contribution in [0.1, 0.15) is 24.1 Å². The molecule has 1 aliphatic rings. The van der Waals surface area contributed by atoms with E-state index < -0.39 is 17.7 Å². The molecule has 0 spiro atoms. The molecule has 6 heteroatoms. The molecule has 0 fully saturated rings. The number of urea groups is 1. The zero-order valence-corrected chi connectivity index (χ0v) is 14.0. The molecule has 2 aromatic carbocycles. The minimum atomic E-state index is -0.812. The lowest BCUT2D eigenvalue weighted by atomic mass is 9.93. The number of nitrogens with one attached hydrogen (secondary N) is 3. The van der Waals surface area contributed by atoms with Crippen LogP contribution in [0.2, 0.25) is 0 Å². The third-order valence-corrected chi connectivity index (χ3v) is 4.67. The molecule has 0 unspecified atom stereocenters. The van der Waals surface area contributed by atoms with E-state index in [1.165, 1.54) is 6.07 Å². The lowest BCUT2D eigenvalue weighted by Gasteiger charge is -2.18. The highest BCUT2D eigenvalue weighted by Gasteiger charge is 2.24. The molecule has 3 N–H and O–H groups in total. The highest BCUT2D eigenvalue weighted by Crippen LogP contribution is 2.31. The van der Waals surface area contributed by atoms with E-state index in [-0.39, 0.29) is 5.69 Å². The normalized spacial score (nSPS) is 13.3. The third-order valence-electron chi connectivity index (χ3n) is 4.67. The van der Waals surface area contributed by atoms with Gasteiger partial charge in [0.25, 0.3) is 0 Å². The largest absolute Gasteiger partial charge is 0.323 e. The SMILES string of the molecule is O=C(Nc1ccc(F)cc1F)Nc1c2c([nH+]c3ccccc13)CCCC2. The quantitative estimate of drug-likeness (QED) is 0.702. The van der Waals surface area contributed by atoms with Gasteiger partial charge in [-0.05, 0) is 37.5 Å². The zero-order valence-electron chi connectivity index (χ0n) is 14.0. The van der Waals surface area contributed by atoms with Crippen molar-refractivity contribution in [3.8, 4) is 0 Å². The van der Waals surface area contributed by atoms with Crippen LogP contribution >= 0.6 is 0 Å². The van der Waals surface area contributed by atoms with E-state index >= 15 is 0 Å². The summed E-state index contributed by atoms with van der Waals surface area (Å²) in [6.45, 7) is 0. The standard InChI is InChI=1S/C20H17F2N3O/c21-12-9-10-18(15(22)11-12)24-20(26)25-19-13-5-1-3-7-16(13)23-17-8-4-2-6-14(17)19/h1,3,5,7,9-11H,2,4,6,8H2,(H2,23,24,25,26)/p+1. The fourth-order valence-electron chi connectivity index (χ4n) is 3.46. The molecule has 4 nitrogen and oxygen atoms in total. The van der Waals surface area contributed by atoms with Crippen LogP contribution in [-0.2, 0) is 12.8 Å². The summed E-state index contributed by atoms with van der Waals surface area (Å²) in [6.07, 6.45) is 3.97. The number of hydrogen-bond acceptors (Lipinski definition) is 1. The van der Waals surface area contributed by atoms with Crippen LogP contribution in [0, 0.1) is 11.6 Å². The summed E-state index contributed by atoms with van der Waals surface area (Å²) in [7, 11) is 0. The van der Waals surface area contributed by atoms with Gasteiger partial charge < -0.3 is 10.6 Å². The number of para-hydroxylation sites is 1. The molecule has 3 aromatic rings. The van der Waals surface area contributed by atoms with Gasteiger partial charge in [-0.15, -0.1) is 0 Å². The lowest BCUT2D eigenvalue weighted by Crippen LogP contribution is -2.25. The van der Waals surface area contributed by atoms with E-state index in [1.54, 1.807) is 0 Å². The van der Waals surface area contributed by atoms with Gasteiger partial charge in [-0.2, -0.15) is 0 Å². The summed E-state index contributed by atoms with van der Waals surface area (Å²) in [5, 5.41) is 6.23. The summed E-state index contributed by atoms with van der Waals surface area (Å²) in [5.74, 6) is -1.50. The first-order chi connectivity index (χ1) is 12.6. The number of anilines is 2. The molecule has 0 saturated carbocycles. The number of benzene rings is 2. The van der Waals surface area contributed by atoms with Crippen molar-refractivity contribution in [3.05, 3.63) is 65.4 Å². The Kier molecular flexibility index (Phi) is 4.24. The number of hydrogen-bond donors (Lipinski definition) is 2. The highest BCUT2D eigenvalue weighted by molar-refractivity contribution is 6.06. The van der Waals surface area contributed by atoms with Crippen LogP contribution in [0.25, 0.3) is 10.9 Å². The van der Waals surface area contributed by atoms with Crippen molar-refractivity contribution < 1.29 is 18.6 Å². The number of carbonyl (C=O) groups is 1. The lowest BCUT2D eigenvalue weighted by molar-refractivity contribution is -0.359. The van der Waals surface area contributed by atoms with Crippen molar-refractivity contribution in [2.24, 2.45) is 0 Å². The Morgan fingerprint density at radius 3 is 2.65 bits per heavy atom. The number of aromatic amines is 1. The van der Waals surface area contributed by atoms with Gasteiger partial charge in [0.2, 0.25) is 5.52 Å². The van der Waals surface area contributed by atoms with Crippen LogP contribution in [-0.4, -0.2) is 6.03 Å². The van der Waals surface area contributed by atoms with Gasteiger partial charge in [-0.1, -0.05) is 12.1 Å². The highest BCUT2D eigenvalue weighted by atomic mass is 19.1. The summed E-state index contributed by atoms with van der Waals surface area (Å²) in [6, 6.07) is 10.2. The maximum Gasteiger partial charge on any atom is 0.323 e. The second kappa shape index (κ2) is 6.71. The van der Waals surface area contributed by atoms with Gasteiger partial charge in [0, 0.05) is 24.1 Å². The molecule has 26 heavy (non-hydrogen) atoms. The Morgan fingerprint density at radius 2 is 1.81 bits per heavy atom. The smallest absolute Gasteiger partial charge is 0.306 e. The monoisotopic (exact) mass is 354 g/mol. The Labute approximate surface area is 149 Å². The number of amides is 2. The molecule has 4 rings (SSSR count). The molecular weight excluding hydrogens is 336 g/mol. The van der Waals surface area contributed by atoms with E-state index in [4.69, 9.17) is 0 Å². The maximum atomic E-state index is 13.8. The predicted molar refractivity (Wildman–Crippen MR) is 96.1 cm³/mol. The average molecular weight is 354 g/mol. The number of carbonyl (C=O) groups excluding carboxylic acids is 1. The number of H-pyrrole nitrogens is 1. The van der Waals surface area contributed by atoms with Crippen LogP contribution < -0.4 is 15.6 Å². The van der Waals surface area contributed by atoms with Crippen LogP contribution in [0.5, 0.6) is 0 Å². The maximum absolute atomic E-state index is 13.8. The van der Waals surface area contributed by atoms with Gasteiger partial charge in [0.05, 0.1) is 16.8 Å². The number of aromatic nitrogens is 1. The van der Waals surface area contributed by atoms with E-state index in [2.05, 4.69) is 15.6 Å². The number of fused-ring (bicyclic) bond motifs is 2. The molecular formula is C20H18F2N3O+. The van der Waals surface area contributed by atoms with Gasteiger partial charge in [0.1, 0.15) is 11.6 Å². The average Bonchev–Trinajstić information content (AvgIpc) is 2.64. The molecule has 0 saturated heterocycles. The van der Waals surface area contributed by atoms with Crippen molar-refractivity contribution >= 4 is 28.3 Å². The van der Waals surface area contributed by atoms with Crippen molar-refractivity contribution in [2.75, 3.05) is 10.6 Å². The Balaban J connectivity index is 1.69. The van der Waals surface area contributed by atoms with Crippen LogP contribution in [0.3, 0.4) is 0 Å². The zero-order chi connectivity index (χ0) is 18.1. The van der Waals surface area contributed by atoms with E-state index in [9.17, 15) is 13.6 Å². The molecule has 0 bridgehead atoms. The minimum absolute atomic E-state index is 0.0652. The van der Waals surface area contributed by atoms with Crippen LogP contribution in [0.15, 0.2) is 42.5 Å². The van der Waals surface area contributed by atoms with E-state index in [1.807, 2.05) is 24.3 Å². The van der Waals surface area contributed by atoms with Gasteiger partial charge in [-0.25, -0.2) is 18.6 Å². The number of pyridine rings is 1. The van der Waals surface area contributed by atoms with Crippen LogP contribution in [0.4, 0.5) is 25.0 Å². The van der Waals surface area contributed by atoms with Crippen molar-refractivity contribution in [3.63, 3.8) is 0 Å². The summed E-state index contributed by atoms with van der Waals surface area (Å²) >= 11 is 0. The van der Waals surface area contributed by atoms with Crippen molar-refractivity contribution in [2.45, 2.75) is 25.7 Å². The Morgan fingerprint density at radius 1 is 1.00 bits per heavy atom. The fourth-order valence-corrected chi connectivity index (χ4v) is 3.46. The first-order valence-corrected chi connectivity index (χ1v) is 8.60. The minimum Gasteiger partial charge on any atom is -0.306 e. The molecule has 1 aliphatic carbocycles. The Bertz CT molecular complexity index is 1000. The number of rotatable bonds is 2. The molecule has 1 heterocycles. The van der Waals surface area contributed by atoms with E-state index in [0.29, 0.717) is 0 Å². The predicted octanol–water partition coefficient (Wildman–Crippen LogP) is 4.45. The first kappa shape index (κ1) is 16.4. The summed E-state index contributed by atoms with van der Waals surface area (Å²) in [5.41, 5.74) is 3.83.